The Morgan fingerprint density at radius 2 is 2.14 bits per heavy atom. The maximum atomic E-state index is 3.52. The molecular weight excluding hydrogens is 276 g/mol. The normalized spacial score (nSPS) is 20.6. The molecule has 1 fully saturated rings. The molecule has 21 heavy (non-hydrogen) atoms. The highest BCUT2D eigenvalue weighted by Crippen LogP contribution is 2.26. The summed E-state index contributed by atoms with van der Waals surface area (Å²) < 4.78 is 0. The van der Waals surface area contributed by atoms with Crippen molar-refractivity contribution < 1.29 is 0 Å². The average molecular weight is 309 g/mol. The molecule has 0 spiro atoms. The van der Waals surface area contributed by atoms with Crippen LogP contribution in [0, 0.1) is 6.92 Å². The van der Waals surface area contributed by atoms with Crippen molar-refractivity contribution >= 4 is 11.3 Å². The number of likely N-dealkylation sites (tertiary alicyclic amines) is 1. The van der Waals surface area contributed by atoms with E-state index >= 15 is 0 Å². The SMILES string of the molecule is CCCNCc1cc(CN2CCCCCC2CC)c(C)s1. The highest BCUT2D eigenvalue weighted by Gasteiger charge is 2.20. The monoisotopic (exact) mass is 308 g/mol. The van der Waals surface area contributed by atoms with Crippen molar-refractivity contribution in [2.75, 3.05) is 13.1 Å². The number of rotatable bonds is 7. The van der Waals surface area contributed by atoms with E-state index in [4.69, 9.17) is 0 Å². The summed E-state index contributed by atoms with van der Waals surface area (Å²) in [6.45, 7) is 11.5. The van der Waals surface area contributed by atoms with Gasteiger partial charge in [-0.2, -0.15) is 0 Å². The van der Waals surface area contributed by atoms with Crippen LogP contribution in [0.4, 0.5) is 0 Å². The van der Waals surface area contributed by atoms with Gasteiger partial charge in [0.15, 0.2) is 0 Å². The third-order valence-corrected chi connectivity index (χ3v) is 5.73. The maximum absolute atomic E-state index is 3.52. The number of nitrogens with zero attached hydrogens (tertiary/aromatic N) is 1. The van der Waals surface area contributed by atoms with Gasteiger partial charge in [0.05, 0.1) is 0 Å². The summed E-state index contributed by atoms with van der Waals surface area (Å²) >= 11 is 1.98. The Hall–Kier alpha value is -0.380. The molecule has 3 heteroatoms. The molecule has 2 rings (SSSR count). The van der Waals surface area contributed by atoms with Crippen LogP contribution >= 0.6 is 11.3 Å². The molecule has 1 aliphatic rings. The molecule has 1 saturated heterocycles. The lowest BCUT2D eigenvalue weighted by Gasteiger charge is -2.29. The van der Waals surface area contributed by atoms with Crippen molar-refractivity contribution in [1.82, 2.24) is 10.2 Å². The topological polar surface area (TPSA) is 15.3 Å². The maximum Gasteiger partial charge on any atom is 0.0299 e. The smallest absolute Gasteiger partial charge is 0.0299 e. The van der Waals surface area contributed by atoms with Crippen molar-refractivity contribution in [2.45, 2.75) is 78.4 Å². The highest BCUT2D eigenvalue weighted by atomic mass is 32.1. The first-order valence-electron chi connectivity index (χ1n) is 8.77. The second kappa shape index (κ2) is 8.92. The summed E-state index contributed by atoms with van der Waals surface area (Å²) in [5.41, 5.74) is 1.56. The van der Waals surface area contributed by atoms with Gasteiger partial charge in [-0.25, -0.2) is 0 Å². The lowest BCUT2D eigenvalue weighted by Crippen LogP contribution is -2.33. The first-order chi connectivity index (χ1) is 10.2. The summed E-state index contributed by atoms with van der Waals surface area (Å²) in [5, 5.41) is 3.52. The van der Waals surface area contributed by atoms with Gasteiger partial charge in [0.2, 0.25) is 0 Å². The Bertz CT molecular complexity index is 413. The van der Waals surface area contributed by atoms with Gasteiger partial charge in [0, 0.05) is 28.9 Å². The minimum Gasteiger partial charge on any atom is -0.312 e. The minimum atomic E-state index is 0.800. The lowest BCUT2D eigenvalue weighted by atomic mass is 10.1. The molecule has 0 saturated carbocycles. The van der Waals surface area contributed by atoms with Crippen molar-refractivity contribution in [1.29, 1.82) is 0 Å². The van der Waals surface area contributed by atoms with E-state index in [0.29, 0.717) is 0 Å². The molecule has 0 aliphatic carbocycles. The Kier molecular flexibility index (Phi) is 7.21. The molecule has 2 heterocycles. The van der Waals surface area contributed by atoms with Crippen molar-refractivity contribution in [2.24, 2.45) is 0 Å². The fourth-order valence-corrected chi connectivity index (χ4v) is 4.37. The highest BCUT2D eigenvalue weighted by molar-refractivity contribution is 7.12. The molecule has 1 N–H and O–H groups in total. The van der Waals surface area contributed by atoms with Gasteiger partial charge in [-0.1, -0.05) is 26.7 Å². The van der Waals surface area contributed by atoms with Crippen molar-refractivity contribution in [3.05, 3.63) is 21.4 Å². The fraction of sp³-hybridized carbons (Fsp3) is 0.778. The van der Waals surface area contributed by atoms with E-state index in [-0.39, 0.29) is 0 Å². The molecule has 0 radical (unpaired) electrons. The number of thiophene rings is 1. The number of aryl methyl sites for hydroxylation is 1. The van der Waals surface area contributed by atoms with Crippen LogP contribution in [0.15, 0.2) is 6.07 Å². The molecule has 2 nitrogen and oxygen atoms in total. The molecule has 1 aromatic heterocycles. The summed E-state index contributed by atoms with van der Waals surface area (Å²) in [7, 11) is 0. The van der Waals surface area contributed by atoms with Gasteiger partial charge in [-0.3, -0.25) is 4.90 Å². The molecule has 0 bridgehead atoms. The molecule has 1 atom stereocenters. The predicted molar refractivity (Wildman–Crippen MR) is 94.0 cm³/mol. The van der Waals surface area contributed by atoms with Crippen LogP contribution < -0.4 is 5.32 Å². The summed E-state index contributed by atoms with van der Waals surface area (Å²) in [6, 6.07) is 3.24. The largest absolute Gasteiger partial charge is 0.312 e. The van der Waals surface area contributed by atoms with Gasteiger partial charge in [0.1, 0.15) is 0 Å². The zero-order valence-electron chi connectivity index (χ0n) is 14.1. The first-order valence-corrected chi connectivity index (χ1v) is 9.59. The molecule has 1 aliphatic heterocycles. The van der Waals surface area contributed by atoms with Crippen LogP contribution in [0.1, 0.15) is 67.7 Å². The van der Waals surface area contributed by atoms with Gasteiger partial charge < -0.3 is 5.32 Å². The van der Waals surface area contributed by atoms with E-state index in [2.05, 4.69) is 37.1 Å². The summed E-state index contributed by atoms with van der Waals surface area (Å²) in [6.07, 6.45) is 8.12. The molecule has 0 amide bonds. The standard InChI is InChI=1S/C18H32N2S/c1-4-10-19-13-18-12-16(15(3)21-18)14-20-11-8-6-7-9-17(20)5-2/h12,17,19H,4-11,13-14H2,1-3H3. The number of hydrogen-bond donors (Lipinski definition) is 1. The Labute approximate surface area is 134 Å². The Morgan fingerprint density at radius 1 is 1.29 bits per heavy atom. The zero-order chi connectivity index (χ0) is 15.1. The van der Waals surface area contributed by atoms with Gasteiger partial charge in [-0.15, -0.1) is 11.3 Å². The van der Waals surface area contributed by atoms with Crippen molar-refractivity contribution in [3.63, 3.8) is 0 Å². The quantitative estimate of drug-likeness (QED) is 0.734. The van der Waals surface area contributed by atoms with Crippen molar-refractivity contribution in [3.8, 4) is 0 Å². The van der Waals surface area contributed by atoms with E-state index in [1.165, 1.54) is 54.8 Å². The van der Waals surface area contributed by atoms with E-state index in [0.717, 1.165) is 25.7 Å². The van der Waals surface area contributed by atoms with Crippen LogP contribution in [-0.4, -0.2) is 24.0 Å². The van der Waals surface area contributed by atoms with E-state index in [9.17, 15) is 0 Å². The predicted octanol–water partition coefficient (Wildman–Crippen LogP) is 4.71. The lowest BCUT2D eigenvalue weighted by molar-refractivity contribution is 0.186. The second-order valence-corrected chi connectivity index (χ2v) is 7.69. The molecule has 1 unspecified atom stereocenters. The Morgan fingerprint density at radius 3 is 2.90 bits per heavy atom. The molecule has 0 aromatic carbocycles. The van der Waals surface area contributed by atoms with E-state index < -0.39 is 0 Å². The summed E-state index contributed by atoms with van der Waals surface area (Å²) in [4.78, 5) is 5.76. The summed E-state index contributed by atoms with van der Waals surface area (Å²) in [5.74, 6) is 0. The number of nitrogens with one attached hydrogen (secondary N) is 1. The third-order valence-electron chi connectivity index (χ3n) is 4.64. The van der Waals surface area contributed by atoms with E-state index in [1.807, 2.05) is 11.3 Å². The van der Waals surface area contributed by atoms with Crippen LogP contribution in [0.5, 0.6) is 0 Å². The van der Waals surface area contributed by atoms with Crippen LogP contribution in [0.25, 0.3) is 0 Å². The average Bonchev–Trinajstić information content (AvgIpc) is 2.69. The van der Waals surface area contributed by atoms with Gasteiger partial charge >= 0.3 is 0 Å². The van der Waals surface area contributed by atoms with Crippen LogP contribution in [0.3, 0.4) is 0 Å². The van der Waals surface area contributed by atoms with Crippen LogP contribution in [-0.2, 0) is 13.1 Å². The third kappa shape index (κ3) is 5.08. The minimum absolute atomic E-state index is 0.800. The van der Waals surface area contributed by atoms with Gasteiger partial charge in [0.25, 0.3) is 0 Å². The van der Waals surface area contributed by atoms with E-state index in [1.54, 1.807) is 5.56 Å². The first kappa shape index (κ1) is 17.0. The second-order valence-electron chi connectivity index (χ2n) is 6.35. The van der Waals surface area contributed by atoms with Gasteiger partial charge in [-0.05, 0) is 57.3 Å². The number of hydrogen-bond acceptors (Lipinski definition) is 3. The molecule has 120 valence electrons. The fourth-order valence-electron chi connectivity index (χ4n) is 3.35. The molecule has 1 aromatic rings. The zero-order valence-corrected chi connectivity index (χ0v) is 14.9. The molecular formula is C18H32N2S. The van der Waals surface area contributed by atoms with Crippen LogP contribution in [0.2, 0.25) is 0 Å². The Balaban J connectivity index is 1.97.